The Bertz CT molecular complexity index is 1740. The van der Waals surface area contributed by atoms with Crippen LogP contribution in [0, 0.1) is 0 Å². The normalized spacial score (nSPS) is 24.4. The molecule has 15 nitrogen and oxygen atoms in total. The average Bonchev–Trinajstić information content (AvgIpc) is 3.54. The Labute approximate surface area is 351 Å². The van der Waals surface area contributed by atoms with Crippen molar-refractivity contribution in [2.24, 2.45) is 5.73 Å². The molecule has 0 saturated carbocycles. The molecule has 6 unspecified atom stereocenters. The quantitative estimate of drug-likeness (QED) is 0.0442. The number of imidazole rings is 1. The number of ether oxygens (including phenoxy) is 5. The summed E-state index contributed by atoms with van der Waals surface area (Å²) in [5.74, 6) is 1.70. The van der Waals surface area contributed by atoms with E-state index in [1.54, 1.807) is 29.2 Å². The van der Waals surface area contributed by atoms with Gasteiger partial charge in [0.2, 0.25) is 0 Å². The number of benzene rings is 3. The van der Waals surface area contributed by atoms with Gasteiger partial charge in [0.05, 0.1) is 51.7 Å². The van der Waals surface area contributed by atoms with Crippen molar-refractivity contribution in [2.75, 3.05) is 39.5 Å². The highest BCUT2D eigenvalue weighted by molar-refractivity contribution is 5.85. The first-order valence-electron chi connectivity index (χ1n) is 19.5. The van der Waals surface area contributed by atoms with Gasteiger partial charge in [-0.2, -0.15) is 0 Å². The van der Waals surface area contributed by atoms with E-state index >= 15 is 0 Å². The largest absolute Gasteiger partial charge is 1.00 e. The van der Waals surface area contributed by atoms with Gasteiger partial charge in [0.1, 0.15) is 42.4 Å². The van der Waals surface area contributed by atoms with E-state index in [1.165, 1.54) is 0 Å². The highest BCUT2D eigenvalue weighted by Gasteiger charge is 2.42. The van der Waals surface area contributed by atoms with E-state index < -0.39 is 61.4 Å². The number of aryl methyl sites for hydroxylation is 2. The molecule has 2 fully saturated rings. The average molecular weight is 854 g/mol. The summed E-state index contributed by atoms with van der Waals surface area (Å²) in [5, 5.41) is 66.8. The van der Waals surface area contributed by atoms with Crippen LogP contribution in [0.15, 0.2) is 78.9 Å². The predicted octanol–water partition coefficient (Wildman–Crippen LogP) is -1.68. The van der Waals surface area contributed by atoms with E-state index in [0.29, 0.717) is 29.8 Å². The highest BCUT2D eigenvalue weighted by Crippen LogP contribution is 2.31. The first kappa shape index (κ1) is 47.7. The molecule has 3 heterocycles. The maximum atomic E-state index is 11.4. The van der Waals surface area contributed by atoms with Crippen LogP contribution in [0.3, 0.4) is 0 Å². The summed E-state index contributed by atoms with van der Waals surface area (Å²) in [6.45, 7) is 6.12. The fourth-order valence-electron chi connectivity index (χ4n) is 7.60. The van der Waals surface area contributed by atoms with Crippen molar-refractivity contribution in [3.05, 3.63) is 95.8 Å². The number of nitrogens with two attached hydrogens (primary N) is 1. The third kappa shape index (κ3) is 11.2. The van der Waals surface area contributed by atoms with E-state index in [1.807, 2.05) is 54.6 Å². The molecule has 1 aromatic heterocycles. The van der Waals surface area contributed by atoms with Gasteiger partial charge in [0, 0.05) is 36.8 Å². The van der Waals surface area contributed by atoms with E-state index in [9.17, 15) is 30.6 Å². The second kappa shape index (κ2) is 22.6. The lowest BCUT2D eigenvalue weighted by Crippen LogP contribution is -3.00. The van der Waals surface area contributed by atoms with Crippen LogP contribution >= 0.6 is 12.4 Å². The van der Waals surface area contributed by atoms with Crippen LogP contribution in [0.2, 0.25) is 0 Å². The summed E-state index contributed by atoms with van der Waals surface area (Å²) in [4.78, 5) is 1.69. The van der Waals surface area contributed by atoms with Crippen molar-refractivity contribution in [3.8, 4) is 5.75 Å². The van der Waals surface area contributed by atoms with Crippen LogP contribution < -0.4 is 27.4 Å². The number of nitrogens with zero attached hydrogens (tertiary/aromatic N) is 3. The molecule has 2 saturated heterocycles. The Balaban J connectivity index is 0.00000372. The van der Waals surface area contributed by atoms with Crippen LogP contribution in [-0.4, -0.2) is 128 Å². The zero-order valence-electron chi connectivity index (χ0n) is 32.8. The number of hydrogen-bond acceptors (Lipinski definition) is 13. The molecule has 17 heteroatoms. The minimum Gasteiger partial charge on any atom is -1.00 e. The summed E-state index contributed by atoms with van der Waals surface area (Å²) < 4.78 is 33.7. The third-order valence-electron chi connectivity index (χ3n) is 10.5. The lowest BCUT2D eigenvalue weighted by Gasteiger charge is -2.40. The fourth-order valence-corrected chi connectivity index (χ4v) is 7.60. The molecule has 2 aliphatic rings. The number of rotatable bonds is 18. The molecule has 0 aliphatic carbocycles. The summed E-state index contributed by atoms with van der Waals surface area (Å²) in [5.41, 5.74) is 9.58. The minimum atomic E-state index is -1.53. The zero-order valence-corrected chi connectivity index (χ0v) is 34.4. The molecule has 322 valence electrons. The van der Waals surface area contributed by atoms with Gasteiger partial charge < -0.3 is 72.5 Å². The Morgan fingerprint density at radius 1 is 0.810 bits per heavy atom. The van der Waals surface area contributed by atoms with Crippen LogP contribution in [0.1, 0.15) is 49.8 Å². The van der Waals surface area contributed by atoms with Crippen molar-refractivity contribution in [2.45, 2.75) is 101 Å². The standard InChI is InChI=1S/C41H57N4O11.2ClH/c1-3-44-29-17-16-28(20-30(29)45(4-2)35(44)21-42)52-19-11-18-43(22-31(46)36(50)38-33(48)24-53-40(55-38)26-12-7-5-8-13-26)23-32(47)37(51)39-34(49)25-54-41(56-39)27-14-9-6-10-15-27;;/h5-10,12-17,20,31-34,36-41,46-51H,3-4,11,18-19,21-25,42H2,1-2H3;2*1H/q+1;;/p-1/t31?,32?,33-,34-,36?,37?,38-,39-,40?,41?;;/m1../s1. The molecule has 0 radical (unpaired) electrons. The van der Waals surface area contributed by atoms with Gasteiger partial charge in [-0.15, -0.1) is 12.4 Å². The number of hydrogen-bond donors (Lipinski definition) is 7. The Morgan fingerprint density at radius 3 is 1.79 bits per heavy atom. The Kier molecular flexibility index (Phi) is 18.6. The lowest BCUT2D eigenvalue weighted by atomic mass is 9.99. The van der Waals surface area contributed by atoms with Crippen LogP contribution in [-0.2, 0) is 38.6 Å². The number of fused-ring (bicyclic) bond motifs is 1. The third-order valence-corrected chi connectivity index (χ3v) is 10.5. The summed E-state index contributed by atoms with van der Waals surface area (Å²) in [6, 6.07) is 24.1. The SMILES string of the molecule is CCn1c(CN)[n+](CC)c2cc(OCCCN(CC(O)C(O)[C@@H]3OC(c4ccccc4)OC[C@H]3O)CC(O)C(O)[C@@H]3OC(c4ccccc4)OC[C@H]3O)ccc21.Cl.[Cl-]. The molecule has 2 aliphatic heterocycles. The smallest absolute Gasteiger partial charge is 0.271 e. The molecule has 58 heavy (non-hydrogen) atoms. The van der Waals surface area contributed by atoms with Gasteiger partial charge >= 0.3 is 0 Å². The van der Waals surface area contributed by atoms with Crippen molar-refractivity contribution in [1.29, 1.82) is 0 Å². The first-order valence-corrected chi connectivity index (χ1v) is 19.5. The van der Waals surface area contributed by atoms with Gasteiger partial charge in [0.25, 0.3) is 5.82 Å². The van der Waals surface area contributed by atoms with Crippen LogP contribution in [0.5, 0.6) is 5.75 Å². The van der Waals surface area contributed by atoms with Crippen molar-refractivity contribution in [1.82, 2.24) is 9.47 Å². The molecule has 0 spiro atoms. The monoisotopic (exact) mass is 852 g/mol. The molecule has 0 amide bonds. The molecule has 0 bridgehead atoms. The van der Waals surface area contributed by atoms with Crippen LogP contribution in [0.25, 0.3) is 11.0 Å². The zero-order chi connectivity index (χ0) is 39.8. The van der Waals surface area contributed by atoms with Crippen LogP contribution in [0.4, 0.5) is 0 Å². The maximum Gasteiger partial charge on any atom is 0.271 e. The number of aliphatic hydroxyl groups is 6. The Hall–Kier alpha value is -2.97. The van der Waals surface area contributed by atoms with E-state index in [-0.39, 0.29) is 64.3 Å². The number of halogens is 2. The summed E-state index contributed by atoms with van der Waals surface area (Å²) in [7, 11) is 0. The van der Waals surface area contributed by atoms with Gasteiger partial charge in [-0.3, -0.25) is 4.90 Å². The van der Waals surface area contributed by atoms with Gasteiger partial charge in [-0.25, -0.2) is 9.13 Å². The number of aromatic nitrogens is 2. The first-order chi connectivity index (χ1) is 27.1. The molecule has 8 N–H and O–H groups in total. The van der Waals surface area contributed by atoms with Gasteiger partial charge in [-0.05, 0) is 32.4 Å². The molecule has 6 rings (SSSR count). The predicted molar refractivity (Wildman–Crippen MR) is 211 cm³/mol. The van der Waals surface area contributed by atoms with E-state index in [2.05, 4.69) is 23.0 Å². The van der Waals surface area contributed by atoms with Crippen molar-refractivity contribution in [3.63, 3.8) is 0 Å². The number of aliphatic hydroxyl groups excluding tert-OH is 6. The molecule has 10 atom stereocenters. The molecule has 3 aromatic carbocycles. The fraction of sp³-hybridized carbons (Fsp3) is 0.537. The van der Waals surface area contributed by atoms with Gasteiger partial charge in [0.15, 0.2) is 23.6 Å². The van der Waals surface area contributed by atoms with Gasteiger partial charge in [-0.1, -0.05) is 60.7 Å². The molecular formula is C41H58Cl2N4O11. The topological polar surface area (TPSA) is 206 Å². The lowest BCUT2D eigenvalue weighted by molar-refractivity contribution is -0.676. The van der Waals surface area contributed by atoms with Crippen molar-refractivity contribution >= 4 is 23.4 Å². The maximum absolute atomic E-state index is 11.4. The Morgan fingerprint density at radius 2 is 1.33 bits per heavy atom. The second-order valence-corrected chi connectivity index (χ2v) is 14.3. The van der Waals surface area contributed by atoms with E-state index in [4.69, 9.17) is 29.4 Å². The second-order valence-electron chi connectivity index (χ2n) is 14.3. The molecule has 4 aromatic rings. The minimum absolute atomic E-state index is 0. The summed E-state index contributed by atoms with van der Waals surface area (Å²) >= 11 is 0. The highest BCUT2D eigenvalue weighted by atomic mass is 35.5. The molecular weight excluding hydrogens is 795 g/mol. The summed E-state index contributed by atoms with van der Waals surface area (Å²) in [6.07, 6.45) is -12.0. The van der Waals surface area contributed by atoms with E-state index in [0.717, 1.165) is 29.9 Å². The van der Waals surface area contributed by atoms with Crippen molar-refractivity contribution < 1.29 is 71.3 Å².